The first-order chi connectivity index (χ1) is 16.1. The number of hydrogen-bond donors (Lipinski definition) is 4. The van der Waals surface area contributed by atoms with Crippen LogP contribution in [0.1, 0.15) is 51.0 Å². The Kier molecular flexibility index (Phi) is 6.82. The number of rotatable bonds is 5. The van der Waals surface area contributed by atoms with Crippen molar-refractivity contribution in [1.29, 1.82) is 0 Å². The molecule has 2 unspecified atom stereocenters. The second-order valence-corrected chi connectivity index (χ2v) is 9.54. The monoisotopic (exact) mass is 519 g/mol. The lowest BCUT2D eigenvalue weighted by Crippen LogP contribution is -2.49. The van der Waals surface area contributed by atoms with Crippen LogP contribution in [-0.4, -0.2) is 92.3 Å². The predicted molar refractivity (Wildman–Crippen MR) is 113 cm³/mol. The fraction of sp³-hybridized carbons (Fsp3) is 0.588. The smallest absolute Gasteiger partial charge is 0.426 e. The Balaban J connectivity index is 1.94. The van der Waals surface area contributed by atoms with E-state index in [0.717, 1.165) is 14.6 Å². The molecule has 4 N–H and O–H groups in total. The maximum atomic E-state index is 13.0. The van der Waals surface area contributed by atoms with Gasteiger partial charge in [0.1, 0.15) is 11.6 Å². The first-order valence-corrected chi connectivity index (χ1v) is 11.6. The molecular formula is C17H25N7O10S. The Labute approximate surface area is 199 Å². The van der Waals surface area contributed by atoms with Crippen LogP contribution < -0.4 is 10.7 Å². The molecule has 5 amide bonds. The number of nitrogens with one attached hydrogen (secondary N) is 2. The SMILES string of the molecule is CCN(NC(=O)OC(C)(C)C)C(=O)n1cc2c(n1)C(CNC(=O)O)N1CC2N(OS(=O)(=O)O)C1=O. The number of aromatic nitrogens is 2. The highest BCUT2D eigenvalue weighted by atomic mass is 32.3. The summed E-state index contributed by atoms with van der Waals surface area (Å²) in [7, 11) is -5.08. The number of urea groups is 1. The minimum absolute atomic E-state index is 0.0125. The van der Waals surface area contributed by atoms with Gasteiger partial charge >= 0.3 is 34.6 Å². The summed E-state index contributed by atoms with van der Waals surface area (Å²) in [5, 5.41) is 16.6. The molecule has 1 aromatic rings. The minimum Gasteiger partial charge on any atom is -0.465 e. The number of nitrogens with zero attached hydrogens (tertiary/aromatic N) is 5. The summed E-state index contributed by atoms with van der Waals surface area (Å²) in [6, 6.07) is -3.89. The molecule has 1 saturated heterocycles. The van der Waals surface area contributed by atoms with Gasteiger partial charge in [0, 0.05) is 24.8 Å². The van der Waals surface area contributed by atoms with Gasteiger partial charge in [-0.3, -0.25) is 4.55 Å². The van der Waals surface area contributed by atoms with Crippen molar-refractivity contribution in [3.05, 3.63) is 17.5 Å². The van der Waals surface area contributed by atoms with Crippen molar-refractivity contribution in [3.8, 4) is 0 Å². The molecule has 0 spiro atoms. The number of amides is 5. The molecule has 2 aliphatic heterocycles. The Morgan fingerprint density at radius 1 is 1.31 bits per heavy atom. The number of hydrazine groups is 1. The van der Waals surface area contributed by atoms with Gasteiger partial charge in [-0.15, -0.1) is 4.28 Å². The van der Waals surface area contributed by atoms with Crippen molar-refractivity contribution in [1.82, 2.24) is 35.5 Å². The van der Waals surface area contributed by atoms with Crippen molar-refractivity contribution in [2.75, 3.05) is 19.6 Å². The van der Waals surface area contributed by atoms with Crippen molar-refractivity contribution in [3.63, 3.8) is 0 Å². The summed E-state index contributed by atoms with van der Waals surface area (Å²) in [5.74, 6) is 0. The van der Waals surface area contributed by atoms with Gasteiger partial charge in [0.15, 0.2) is 0 Å². The molecule has 1 aromatic heterocycles. The molecule has 18 heteroatoms. The van der Waals surface area contributed by atoms with E-state index in [4.69, 9.17) is 14.4 Å². The zero-order valence-corrected chi connectivity index (χ0v) is 20.0. The van der Waals surface area contributed by atoms with Gasteiger partial charge in [-0.05, 0) is 27.7 Å². The van der Waals surface area contributed by atoms with E-state index < -0.39 is 52.3 Å². The molecule has 17 nitrogen and oxygen atoms in total. The number of hydroxylamine groups is 2. The van der Waals surface area contributed by atoms with Gasteiger partial charge < -0.3 is 20.1 Å². The van der Waals surface area contributed by atoms with Gasteiger partial charge in [0.25, 0.3) is 0 Å². The molecule has 3 rings (SSSR count). The van der Waals surface area contributed by atoms with Crippen LogP contribution in [0.25, 0.3) is 0 Å². The lowest BCUT2D eigenvalue weighted by atomic mass is 9.98. The third-order valence-corrected chi connectivity index (χ3v) is 5.25. The summed E-state index contributed by atoms with van der Waals surface area (Å²) >= 11 is 0. The standard InChI is InChI=1S/C17H25N7O10S/c1-5-22(20-14(27)33-17(2,3)4)16(29)23-7-9-11-8-21(15(28)24(11)34-35(30,31)32)10(12(9)19-23)6-18-13(25)26/h7,10-11,18H,5-6,8H2,1-4H3,(H,20,27)(H,25,26)(H,30,31,32). The third-order valence-electron chi connectivity index (χ3n) is 4.90. The van der Waals surface area contributed by atoms with Crippen molar-refractivity contribution in [2.45, 2.75) is 45.4 Å². The summed E-state index contributed by atoms with van der Waals surface area (Å²) in [5.41, 5.74) is 1.74. The largest absolute Gasteiger partial charge is 0.465 e. The van der Waals surface area contributed by atoms with E-state index in [1.807, 2.05) is 0 Å². The molecule has 2 bridgehead atoms. The van der Waals surface area contributed by atoms with E-state index in [1.165, 1.54) is 6.20 Å². The van der Waals surface area contributed by atoms with Crippen LogP contribution in [0.3, 0.4) is 0 Å². The second-order valence-electron chi connectivity index (χ2n) is 8.54. The molecule has 0 saturated carbocycles. The normalized spacial score (nSPS) is 19.3. The first-order valence-electron chi connectivity index (χ1n) is 10.3. The van der Waals surface area contributed by atoms with E-state index >= 15 is 0 Å². The van der Waals surface area contributed by atoms with Gasteiger partial charge in [-0.1, -0.05) is 0 Å². The van der Waals surface area contributed by atoms with E-state index in [9.17, 15) is 27.6 Å². The molecule has 2 aliphatic rings. The van der Waals surface area contributed by atoms with Gasteiger partial charge in [-0.2, -0.15) is 23.3 Å². The van der Waals surface area contributed by atoms with E-state index in [1.54, 1.807) is 27.7 Å². The van der Waals surface area contributed by atoms with Gasteiger partial charge in [0.05, 0.1) is 18.3 Å². The topological polar surface area (TPSA) is 213 Å². The molecule has 3 heterocycles. The summed E-state index contributed by atoms with van der Waals surface area (Å²) in [4.78, 5) is 50.0. The van der Waals surface area contributed by atoms with E-state index in [0.29, 0.717) is 5.06 Å². The summed E-state index contributed by atoms with van der Waals surface area (Å²) in [6.07, 6.45) is -1.08. The van der Waals surface area contributed by atoms with Crippen LogP contribution >= 0.6 is 0 Å². The van der Waals surface area contributed by atoms with Crippen molar-refractivity contribution in [2.24, 2.45) is 0 Å². The number of fused-ring (bicyclic) bond motifs is 4. The van der Waals surface area contributed by atoms with Gasteiger partial charge in [-0.25, -0.2) is 29.6 Å². The van der Waals surface area contributed by atoms with Gasteiger partial charge in [0.2, 0.25) is 0 Å². The molecular weight excluding hydrogens is 494 g/mol. The molecule has 194 valence electrons. The minimum atomic E-state index is -5.08. The lowest BCUT2D eigenvalue weighted by Gasteiger charge is -2.29. The van der Waals surface area contributed by atoms with Crippen LogP contribution in [0.15, 0.2) is 6.20 Å². The second kappa shape index (κ2) is 9.19. The average Bonchev–Trinajstić information content (AvgIpc) is 3.26. The van der Waals surface area contributed by atoms with E-state index in [2.05, 4.69) is 20.1 Å². The van der Waals surface area contributed by atoms with Crippen molar-refractivity contribution >= 4 is 34.6 Å². The quantitative estimate of drug-likeness (QED) is 0.309. The molecule has 2 atom stereocenters. The van der Waals surface area contributed by atoms with Crippen LogP contribution in [0.5, 0.6) is 0 Å². The summed E-state index contributed by atoms with van der Waals surface area (Å²) in [6.45, 7) is 6.04. The Bertz CT molecular complexity index is 1140. The number of carboxylic acid groups (broad SMARTS) is 1. The van der Waals surface area contributed by atoms with Crippen LogP contribution in [-0.2, 0) is 19.4 Å². The summed E-state index contributed by atoms with van der Waals surface area (Å²) < 4.78 is 42.0. The Hall–Kier alpha value is -3.64. The van der Waals surface area contributed by atoms with Crippen molar-refractivity contribution < 1.29 is 46.3 Å². The highest BCUT2D eigenvalue weighted by Crippen LogP contribution is 2.43. The number of carbonyl (C=O) groups excluding carboxylic acids is 3. The molecule has 0 aliphatic carbocycles. The zero-order chi connectivity index (χ0) is 26.3. The molecule has 35 heavy (non-hydrogen) atoms. The predicted octanol–water partition coefficient (Wildman–Crippen LogP) is 0.448. The number of carbonyl (C=O) groups is 4. The number of ether oxygens (including phenoxy) is 1. The van der Waals surface area contributed by atoms with Crippen LogP contribution in [0.4, 0.5) is 19.2 Å². The highest BCUT2D eigenvalue weighted by molar-refractivity contribution is 7.80. The van der Waals surface area contributed by atoms with Crippen LogP contribution in [0, 0.1) is 0 Å². The fourth-order valence-corrected chi connectivity index (χ4v) is 3.99. The van der Waals surface area contributed by atoms with E-state index in [-0.39, 0.29) is 30.9 Å². The maximum absolute atomic E-state index is 13.0. The first kappa shape index (κ1) is 26.0. The fourth-order valence-electron chi connectivity index (χ4n) is 3.62. The molecule has 0 radical (unpaired) electrons. The number of hydrogen-bond acceptors (Lipinski definition) is 9. The highest BCUT2D eigenvalue weighted by Gasteiger charge is 2.52. The lowest BCUT2D eigenvalue weighted by molar-refractivity contribution is -0.0317. The maximum Gasteiger partial charge on any atom is 0.426 e. The Morgan fingerprint density at radius 2 is 1.97 bits per heavy atom. The average molecular weight is 519 g/mol. The van der Waals surface area contributed by atoms with Crippen LogP contribution in [0.2, 0.25) is 0 Å². The molecule has 0 aromatic carbocycles. The Morgan fingerprint density at radius 3 is 2.51 bits per heavy atom. The third kappa shape index (κ3) is 5.72. The molecule has 1 fully saturated rings. The zero-order valence-electron chi connectivity index (χ0n) is 19.2.